The molecule has 2 heteroatoms. The second-order valence-electron chi connectivity index (χ2n) is 8.81. The third kappa shape index (κ3) is 1.31. The highest BCUT2D eigenvalue weighted by Gasteiger charge is 2.71. The van der Waals surface area contributed by atoms with Gasteiger partial charge in [0.05, 0.1) is 5.60 Å². The van der Waals surface area contributed by atoms with E-state index in [1.165, 1.54) is 24.8 Å². The Hall–Kier alpha value is -0.890. The monoisotopic (exact) mass is 298 g/mol. The number of allylic oxidation sites excluding steroid dienone is 2. The minimum atomic E-state index is -0.545. The molecule has 2 nitrogen and oxygen atoms in total. The van der Waals surface area contributed by atoms with Crippen molar-refractivity contribution in [1.82, 2.24) is 0 Å². The maximum Gasteiger partial charge on any atom is 0.155 e. The molecular weight excluding hydrogens is 272 g/mol. The normalized spacial score (nSPS) is 55.5. The van der Waals surface area contributed by atoms with Crippen molar-refractivity contribution in [2.24, 2.45) is 28.6 Å². The van der Waals surface area contributed by atoms with Gasteiger partial charge in [-0.2, -0.15) is 0 Å². The molecule has 0 aromatic carbocycles. The van der Waals surface area contributed by atoms with E-state index in [-0.39, 0.29) is 10.8 Å². The Kier molecular flexibility index (Phi) is 2.43. The molecule has 0 radical (unpaired) electrons. The van der Waals surface area contributed by atoms with Crippen LogP contribution in [0.4, 0.5) is 0 Å². The van der Waals surface area contributed by atoms with Crippen molar-refractivity contribution < 1.29 is 9.90 Å². The fourth-order valence-corrected chi connectivity index (χ4v) is 7.27. The maximum absolute atomic E-state index is 11.8. The molecule has 5 aliphatic rings. The van der Waals surface area contributed by atoms with Crippen LogP contribution in [0.25, 0.3) is 0 Å². The van der Waals surface area contributed by atoms with Crippen molar-refractivity contribution in [3.63, 3.8) is 0 Å². The Bertz CT molecular complexity index is 617. The van der Waals surface area contributed by atoms with Gasteiger partial charge in [0.15, 0.2) is 5.78 Å². The first-order valence-corrected chi connectivity index (χ1v) is 9.15. The standard InChI is InChI=1S/C20H26O2/c1-18-7-6-16-15-4-3-14(21)12-13(15)2-5-17(16)19(18)8-10-20(18,22)11-9-19/h8,10,12,15-17,22H,2-7,9,11H2,1H3/t15?,16?,17?,18?,19-,20-/m0/s1. The summed E-state index contributed by atoms with van der Waals surface area (Å²) in [4.78, 5) is 11.8. The molecule has 0 spiro atoms. The molecule has 6 atom stereocenters. The van der Waals surface area contributed by atoms with Crippen molar-refractivity contribution in [3.05, 3.63) is 23.8 Å². The zero-order valence-corrected chi connectivity index (χ0v) is 13.5. The predicted octanol–water partition coefficient (Wildman–Crippen LogP) is 3.80. The van der Waals surface area contributed by atoms with Crippen molar-refractivity contribution in [2.45, 2.75) is 63.9 Å². The van der Waals surface area contributed by atoms with Crippen LogP contribution >= 0.6 is 0 Å². The maximum atomic E-state index is 11.8. The van der Waals surface area contributed by atoms with Crippen molar-refractivity contribution in [3.8, 4) is 0 Å². The first kappa shape index (κ1) is 13.5. The summed E-state index contributed by atoms with van der Waals surface area (Å²) in [5, 5.41) is 11.1. The van der Waals surface area contributed by atoms with E-state index in [0.717, 1.165) is 43.9 Å². The zero-order chi connectivity index (χ0) is 15.2. The fourth-order valence-electron chi connectivity index (χ4n) is 7.27. The summed E-state index contributed by atoms with van der Waals surface area (Å²) in [6, 6.07) is 0. The second-order valence-corrected chi connectivity index (χ2v) is 8.81. The molecule has 2 bridgehead atoms. The number of carbonyl (C=O) groups excluding carboxylic acids is 1. The number of hydrogen-bond donors (Lipinski definition) is 1. The molecule has 0 aromatic rings. The van der Waals surface area contributed by atoms with Crippen LogP contribution in [0.1, 0.15) is 58.3 Å². The highest BCUT2D eigenvalue weighted by Crippen LogP contribution is 2.74. The lowest BCUT2D eigenvalue weighted by Crippen LogP contribution is -2.54. The molecule has 0 saturated heterocycles. The number of rotatable bonds is 0. The molecule has 4 unspecified atom stereocenters. The molecule has 1 N–H and O–H groups in total. The summed E-state index contributed by atoms with van der Waals surface area (Å²) < 4.78 is 0. The van der Waals surface area contributed by atoms with E-state index in [2.05, 4.69) is 19.1 Å². The third-order valence-corrected chi connectivity index (χ3v) is 8.50. The summed E-state index contributed by atoms with van der Waals surface area (Å²) >= 11 is 0. The van der Waals surface area contributed by atoms with E-state index in [1.807, 2.05) is 6.08 Å². The van der Waals surface area contributed by atoms with Gasteiger partial charge in [-0.15, -0.1) is 0 Å². The van der Waals surface area contributed by atoms with E-state index in [1.54, 1.807) is 0 Å². The van der Waals surface area contributed by atoms with Crippen LogP contribution in [0.2, 0.25) is 0 Å². The Morgan fingerprint density at radius 2 is 1.95 bits per heavy atom. The van der Waals surface area contributed by atoms with E-state index in [4.69, 9.17) is 0 Å². The van der Waals surface area contributed by atoms with Gasteiger partial charge in [0.25, 0.3) is 0 Å². The second kappa shape index (κ2) is 3.95. The molecule has 3 fully saturated rings. The molecule has 22 heavy (non-hydrogen) atoms. The molecule has 3 saturated carbocycles. The summed E-state index contributed by atoms with van der Waals surface area (Å²) in [6.07, 6.45) is 15.2. The number of aliphatic hydroxyl groups is 1. The number of ketones is 1. The fraction of sp³-hybridized carbons (Fsp3) is 0.750. The van der Waals surface area contributed by atoms with Gasteiger partial charge in [-0.05, 0) is 74.2 Å². The molecule has 0 aromatic heterocycles. The summed E-state index contributed by atoms with van der Waals surface area (Å²) in [6.45, 7) is 2.35. The molecule has 0 heterocycles. The third-order valence-electron chi connectivity index (χ3n) is 8.50. The summed E-state index contributed by atoms with van der Waals surface area (Å²) in [5.74, 6) is 2.46. The first-order chi connectivity index (χ1) is 10.5. The van der Waals surface area contributed by atoms with Crippen molar-refractivity contribution >= 4 is 5.78 Å². The van der Waals surface area contributed by atoms with Gasteiger partial charge >= 0.3 is 0 Å². The highest BCUT2D eigenvalue weighted by molar-refractivity contribution is 5.91. The van der Waals surface area contributed by atoms with Crippen molar-refractivity contribution in [2.75, 3.05) is 0 Å². The minimum Gasteiger partial charge on any atom is -0.385 e. The Balaban J connectivity index is 1.57. The smallest absolute Gasteiger partial charge is 0.155 e. The lowest BCUT2D eigenvalue weighted by Gasteiger charge is -2.58. The van der Waals surface area contributed by atoms with Crippen LogP contribution in [-0.2, 0) is 4.79 Å². The van der Waals surface area contributed by atoms with Crippen LogP contribution in [0.15, 0.2) is 23.8 Å². The first-order valence-electron chi connectivity index (χ1n) is 9.15. The largest absolute Gasteiger partial charge is 0.385 e. The van der Waals surface area contributed by atoms with Gasteiger partial charge in [-0.25, -0.2) is 0 Å². The Morgan fingerprint density at radius 3 is 2.73 bits per heavy atom. The SMILES string of the molecule is CC12CCC3C4CCC(=O)C=C4CCC3[C@@]13C=C[C@]2(O)CC3. The highest BCUT2D eigenvalue weighted by atomic mass is 16.3. The predicted molar refractivity (Wildman–Crippen MR) is 85.1 cm³/mol. The van der Waals surface area contributed by atoms with Crippen molar-refractivity contribution in [1.29, 1.82) is 0 Å². The van der Waals surface area contributed by atoms with Crippen LogP contribution in [0.3, 0.4) is 0 Å². The van der Waals surface area contributed by atoms with Crippen LogP contribution < -0.4 is 0 Å². The Labute approximate surface area is 132 Å². The number of carbonyl (C=O) groups is 1. The number of hydrogen-bond acceptors (Lipinski definition) is 2. The topological polar surface area (TPSA) is 37.3 Å². The lowest BCUT2D eigenvalue weighted by atomic mass is 9.46. The minimum absolute atomic E-state index is 0.0624. The quantitative estimate of drug-likeness (QED) is 0.691. The van der Waals surface area contributed by atoms with E-state index < -0.39 is 5.60 Å². The van der Waals surface area contributed by atoms with Crippen LogP contribution in [-0.4, -0.2) is 16.5 Å². The van der Waals surface area contributed by atoms with Crippen LogP contribution in [0.5, 0.6) is 0 Å². The van der Waals surface area contributed by atoms with Gasteiger partial charge in [0.2, 0.25) is 0 Å². The van der Waals surface area contributed by atoms with Gasteiger partial charge in [0.1, 0.15) is 0 Å². The zero-order valence-electron chi connectivity index (χ0n) is 13.5. The average Bonchev–Trinajstić information content (AvgIpc) is 2.88. The molecular formula is C20H26O2. The molecule has 5 aliphatic carbocycles. The van der Waals surface area contributed by atoms with Gasteiger partial charge in [0, 0.05) is 11.8 Å². The molecule has 118 valence electrons. The van der Waals surface area contributed by atoms with Gasteiger partial charge in [-0.3, -0.25) is 4.79 Å². The molecule has 0 aliphatic heterocycles. The summed E-state index contributed by atoms with van der Waals surface area (Å²) in [5.41, 5.74) is 1.20. The number of fused-ring (bicyclic) bond motifs is 3. The molecule has 5 rings (SSSR count). The van der Waals surface area contributed by atoms with E-state index >= 15 is 0 Å². The summed E-state index contributed by atoms with van der Waals surface area (Å²) in [7, 11) is 0. The van der Waals surface area contributed by atoms with Gasteiger partial charge in [-0.1, -0.05) is 24.6 Å². The van der Waals surface area contributed by atoms with E-state index in [9.17, 15) is 9.90 Å². The van der Waals surface area contributed by atoms with Crippen LogP contribution in [0, 0.1) is 28.6 Å². The van der Waals surface area contributed by atoms with Gasteiger partial charge < -0.3 is 5.11 Å². The van der Waals surface area contributed by atoms with E-state index in [0.29, 0.717) is 11.7 Å². The lowest BCUT2D eigenvalue weighted by molar-refractivity contribution is -0.119. The Morgan fingerprint density at radius 1 is 1.09 bits per heavy atom. The molecule has 0 amide bonds. The average molecular weight is 298 g/mol.